The SMILES string of the molecule is Cl.Cl.N=C(CF)NCCN[C@@H](CS)C(=O)O. The number of aliphatic carboxylic acids is 1. The Bertz CT molecular complexity index is 212. The molecule has 9 heteroatoms. The number of rotatable bonds is 7. The molecule has 0 heterocycles. The Balaban J connectivity index is -0.000000845. The van der Waals surface area contributed by atoms with Gasteiger partial charge in [-0.05, 0) is 0 Å². The van der Waals surface area contributed by atoms with E-state index in [-0.39, 0.29) is 36.4 Å². The highest BCUT2D eigenvalue weighted by Crippen LogP contribution is 1.86. The molecule has 0 aromatic carbocycles. The van der Waals surface area contributed by atoms with Crippen molar-refractivity contribution < 1.29 is 14.3 Å². The van der Waals surface area contributed by atoms with Crippen molar-refractivity contribution in [2.45, 2.75) is 6.04 Å². The van der Waals surface area contributed by atoms with E-state index in [0.717, 1.165) is 0 Å². The van der Waals surface area contributed by atoms with Gasteiger partial charge in [0.05, 0.1) is 0 Å². The van der Waals surface area contributed by atoms with Crippen molar-refractivity contribution in [3.8, 4) is 0 Å². The van der Waals surface area contributed by atoms with Gasteiger partial charge in [-0.1, -0.05) is 0 Å². The Hall–Kier alpha value is -0.240. The molecule has 0 aromatic heterocycles. The average Bonchev–Trinajstić information content (AvgIpc) is 2.16. The molecule has 0 unspecified atom stereocenters. The van der Waals surface area contributed by atoms with Crippen LogP contribution in [-0.4, -0.2) is 48.5 Å². The molecule has 0 aliphatic rings. The minimum atomic E-state index is -0.972. The molecule has 0 aliphatic carbocycles. The maximum atomic E-state index is 11.8. The summed E-state index contributed by atoms with van der Waals surface area (Å²) in [7, 11) is 0. The first kappa shape index (κ1) is 21.1. The van der Waals surface area contributed by atoms with Gasteiger partial charge in [-0.2, -0.15) is 12.6 Å². The molecule has 0 aliphatic heterocycles. The molecule has 0 saturated carbocycles. The van der Waals surface area contributed by atoms with Crippen LogP contribution in [0.2, 0.25) is 0 Å². The highest BCUT2D eigenvalue weighted by atomic mass is 35.5. The Morgan fingerprint density at radius 1 is 1.44 bits per heavy atom. The number of alkyl halides is 1. The van der Waals surface area contributed by atoms with Gasteiger partial charge in [0, 0.05) is 18.8 Å². The van der Waals surface area contributed by atoms with E-state index in [2.05, 4.69) is 23.3 Å². The number of thiol groups is 1. The summed E-state index contributed by atoms with van der Waals surface area (Å²) < 4.78 is 11.8. The molecule has 0 fully saturated rings. The molecule has 0 aromatic rings. The first-order valence-corrected chi connectivity index (χ1v) is 4.69. The second kappa shape index (κ2) is 12.8. The molecule has 0 bridgehead atoms. The first-order chi connectivity index (χ1) is 6.61. The third kappa shape index (κ3) is 10.3. The number of hydrogen-bond donors (Lipinski definition) is 5. The summed E-state index contributed by atoms with van der Waals surface area (Å²) in [5.74, 6) is -0.985. The third-order valence-corrected chi connectivity index (χ3v) is 1.83. The molecule has 5 nitrogen and oxygen atoms in total. The standard InChI is InChI=1S/C7H14FN3O2S.2ClH/c8-3-6(9)11-2-1-10-5(4-14)7(12)13;;/h5,10,14H,1-4H2,(H2,9,11)(H,12,13);2*1H/t5-;;/m0../s1. The number of carboxylic acid groups (broad SMARTS) is 1. The molecule has 4 N–H and O–H groups in total. The van der Waals surface area contributed by atoms with Crippen LogP contribution in [0.4, 0.5) is 4.39 Å². The maximum Gasteiger partial charge on any atom is 0.321 e. The predicted octanol–water partition coefficient (Wildman–Crippen LogP) is 0.339. The van der Waals surface area contributed by atoms with Crippen LogP contribution in [0.25, 0.3) is 0 Å². The van der Waals surface area contributed by atoms with Crippen molar-refractivity contribution in [1.29, 1.82) is 5.41 Å². The smallest absolute Gasteiger partial charge is 0.321 e. The van der Waals surface area contributed by atoms with Crippen molar-refractivity contribution in [2.24, 2.45) is 0 Å². The fourth-order valence-corrected chi connectivity index (χ4v) is 1.02. The topological polar surface area (TPSA) is 85.2 Å². The molecule has 0 amide bonds. The van der Waals surface area contributed by atoms with Crippen LogP contribution in [0.15, 0.2) is 0 Å². The van der Waals surface area contributed by atoms with Gasteiger partial charge in [0.1, 0.15) is 18.6 Å². The van der Waals surface area contributed by atoms with Gasteiger partial charge in [0.25, 0.3) is 0 Å². The zero-order valence-electron chi connectivity index (χ0n) is 8.40. The van der Waals surface area contributed by atoms with Crippen molar-refractivity contribution >= 4 is 49.2 Å². The number of nitrogens with one attached hydrogen (secondary N) is 3. The van der Waals surface area contributed by atoms with Crippen molar-refractivity contribution in [1.82, 2.24) is 10.6 Å². The summed E-state index contributed by atoms with van der Waals surface area (Å²) in [5, 5.41) is 20.7. The average molecular weight is 296 g/mol. The van der Waals surface area contributed by atoms with Crippen LogP contribution in [0.3, 0.4) is 0 Å². The highest BCUT2D eigenvalue weighted by molar-refractivity contribution is 7.80. The van der Waals surface area contributed by atoms with Crippen molar-refractivity contribution in [3.63, 3.8) is 0 Å². The summed E-state index contributed by atoms with van der Waals surface area (Å²) in [5.41, 5.74) is 0. The Kier molecular flexibility index (Phi) is 16.9. The molecule has 0 rings (SSSR count). The fourth-order valence-electron chi connectivity index (χ4n) is 0.737. The van der Waals surface area contributed by atoms with E-state index in [4.69, 9.17) is 10.5 Å². The van der Waals surface area contributed by atoms with E-state index >= 15 is 0 Å². The summed E-state index contributed by atoms with van der Waals surface area (Å²) in [4.78, 5) is 10.5. The van der Waals surface area contributed by atoms with Crippen molar-refractivity contribution in [3.05, 3.63) is 0 Å². The van der Waals surface area contributed by atoms with E-state index in [9.17, 15) is 9.18 Å². The minimum absolute atomic E-state index is 0. The molecule has 16 heavy (non-hydrogen) atoms. The van der Waals surface area contributed by atoms with Gasteiger partial charge in [-0.15, -0.1) is 24.8 Å². The van der Waals surface area contributed by atoms with Gasteiger partial charge in [0.2, 0.25) is 0 Å². The summed E-state index contributed by atoms with van der Waals surface area (Å²) in [6, 6.07) is -0.709. The Morgan fingerprint density at radius 3 is 2.38 bits per heavy atom. The maximum absolute atomic E-state index is 11.8. The number of halogens is 3. The van der Waals surface area contributed by atoms with E-state index in [1.807, 2.05) is 0 Å². The molecule has 0 saturated heterocycles. The lowest BCUT2D eigenvalue weighted by Gasteiger charge is -2.12. The second-order valence-corrected chi connectivity index (χ2v) is 2.93. The van der Waals surface area contributed by atoms with E-state index in [1.165, 1.54) is 0 Å². The quantitative estimate of drug-likeness (QED) is 0.203. The van der Waals surface area contributed by atoms with E-state index < -0.39 is 18.7 Å². The van der Waals surface area contributed by atoms with E-state index in [0.29, 0.717) is 13.1 Å². The molecule has 1 atom stereocenters. The highest BCUT2D eigenvalue weighted by Gasteiger charge is 2.13. The number of carbonyl (C=O) groups is 1. The van der Waals surface area contributed by atoms with Crippen LogP contribution in [0.5, 0.6) is 0 Å². The van der Waals surface area contributed by atoms with Gasteiger partial charge in [-0.25, -0.2) is 4.39 Å². The summed E-state index contributed by atoms with van der Waals surface area (Å²) in [6.45, 7) is -0.171. The Labute approximate surface area is 111 Å². The largest absolute Gasteiger partial charge is 0.480 e. The predicted molar refractivity (Wildman–Crippen MR) is 69.5 cm³/mol. The van der Waals surface area contributed by atoms with Gasteiger partial charge in [0.15, 0.2) is 0 Å². The first-order valence-electron chi connectivity index (χ1n) is 4.06. The van der Waals surface area contributed by atoms with Crippen molar-refractivity contribution in [2.75, 3.05) is 25.5 Å². The summed E-state index contributed by atoms with van der Waals surface area (Å²) >= 11 is 3.85. The Morgan fingerprint density at radius 2 is 2.00 bits per heavy atom. The molecule has 0 spiro atoms. The fraction of sp³-hybridized carbons (Fsp3) is 0.714. The van der Waals surface area contributed by atoms with Gasteiger partial charge < -0.3 is 15.7 Å². The second-order valence-electron chi connectivity index (χ2n) is 2.57. The number of hydrogen-bond acceptors (Lipinski definition) is 4. The number of amidine groups is 1. The van der Waals surface area contributed by atoms with Gasteiger partial charge >= 0.3 is 5.97 Å². The van der Waals surface area contributed by atoms with Gasteiger partial charge in [-0.3, -0.25) is 10.2 Å². The number of carboxylic acids is 1. The molecular formula is C7H16Cl2FN3O2S. The third-order valence-electron chi connectivity index (χ3n) is 1.47. The lowest BCUT2D eigenvalue weighted by Crippen LogP contribution is -2.42. The zero-order valence-corrected chi connectivity index (χ0v) is 10.9. The zero-order chi connectivity index (χ0) is 11.0. The van der Waals surface area contributed by atoms with Crippen LogP contribution < -0.4 is 10.6 Å². The normalized spacial score (nSPS) is 10.6. The monoisotopic (exact) mass is 295 g/mol. The minimum Gasteiger partial charge on any atom is -0.480 e. The molecule has 98 valence electrons. The summed E-state index contributed by atoms with van der Waals surface area (Å²) in [6.07, 6.45) is 0. The van der Waals surface area contributed by atoms with Crippen LogP contribution in [0, 0.1) is 5.41 Å². The van der Waals surface area contributed by atoms with Crippen LogP contribution >= 0.6 is 37.4 Å². The lowest BCUT2D eigenvalue weighted by molar-refractivity contribution is -0.138. The van der Waals surface area contributed by atoms with Crippen LogP contribution in [0.1, 0.15) is 0 Å². The van der Waals surface area contributed by atoms with E-state index in [1.54, 1.807) is 0 Å². The lowest BCUT2D eigenvalue weighted by atomic mass is 10.3. The molecular weight excluding hydrogens is 280 g/mol. The molecule has 0 radical (unpaired) electrons. The van der Waals surface area contributed by atoms with Crippen LogP contribution in [-0.2, 0) is 4.79 Å².